The van der Waals surface area contributed by atoms with Gasteiger partial charge in [-0.3, -0.25) is 15.0 Å². The maximum atomic E-state index is 4.37. The molecule has 16 aromatic rings. The fraction of sp³-hybridized carbons (Fsp3) is 0.322. The van der Waals surface area contributed by atoms with Crippen molar-refractivity contribution in [3.63, 3.8) is 0 Å². The lowest BCUT2D eigenvalue weighted by Gasteiger charge is -2.18. The van der Waals surface area contributed by atoms with Crippen LogP contribution < -0.4 is 33.2 Å². The van der Waals surface area contributed by atoms with Crippen LogP contribution in [0.1, 0.15) is 173 Å². The highest BCUT2D eigenvalue weighted by Crippen LogP contribution is 2.42. The first kappa shape index (κ1) is 88.6. The van der Waals surface area contributed by atoms with Crippen LogP contribution in [0.25, 0.3) is 121 Å². The van der Waals surface area contributed by atoms with Gasteiger partial charge in [0, 0.05) is 119 Å². The Labute approximate surface area is 747 Å². The van der Waals surface area contributed by atoms with Gasteiger partial charge in [-0.15, -0.1) is 0 Å². The number of hydrogen-bond acceptors (Lipinski definition) is 3. The molecule has 3 saturated carbocycles. The summed E-state index contributed by atoms with van der Waals surface area (Å²) in [6, 6.07) is 77.7. The first-order chi connectivity index (χ1) is 59.9. The fourth-order valence-corrected chi connectivity index (χ4v) is 22.3. The summed E-state index contributed by atoms with van der Waals surface area (Å²) < 4.78 is 11.6. The van der Waals surface area contributed by atoms with Crippen molar-refractivity contribution in [1.82, 2.24) is 15.0 Å². The highest BCUT2D eigenvalue weighted by atomic mass is 28.3. The molecule has 8 nitrogen and oxygen atoms in total. The van der Waals surface area contributed by atoms with Crippen molar-refractivity contribution in [3.8, 4) is 67.4 Å². The molecule has 0 bridgehead atoms. The topological polar surface area (TPSA) is 58.1 Å². The van der Waals surface area contributed by atoms with Gasteiger partial charge in [0.1, 0.15) is 35.2 Å². The Hall–Kier alpha value is -11.3. The third kappa shape index (κ3) is 19.0. The summed E-state index contributed by atoms with van der Waals surface area (Å²) in [7, 11) is 8.25. The molecule has 125 heavy (non-hydrogen) atoms. The monoisotopic (exact) mass is 1680 g/mol. The molecule has 8 heterocycles. The molecule has 636 valence electrons. The van der Waals surface area contributed by atoms with Gasteiger partial charge in [-0.25, -0.2) is 0 Å². The highest BCUT2D eigenvalue weighted by molar-refractivity contribution is 6.89. The zero-order chi connectivity index (χ0) is 88.4. The molecule has 0 aliphatic heterocycles. The Kier molecular flexibility index (Phi) is 26.5. The van der Waals surface area contributed by atoms with Crippen molar-refractivity contribution in [2.45, 2.75) is 210 Å². The van der Waals surface area contributed by atoms with Crippen molar-refractivity contribution >= 4 is 80.4 Å². The minimum atomic E-state index is -1.30. The van der Waals surface area contributed by atoms with Gasteiger partial charge in [0.05, 0.1) is 59.8 Å². The summed E-state index contributed by atoms with van der Waals surface area (Å²) in [5.41, 5.74) is 34.1. The average molecular weight is 1680 g/mol. The van der Waals surface area contributed by atoms with Crippen LogP contribution in [-0.4, -0.2) is 31.1 Å². The number of fused-ring (bicyclic) bond motifs is 5. The van der Waals surface area contributed by atoms with E-state index in [1.807, 2.05) is 43.2 Å². The quantitative estimate of drug-likeness (QED) is 0.0958. The molecule has 0 N–H and O–H groups in total. The van der Waals surface area contributed by atoms with Crippen LogP contribution in [0.2, 0.25) is 39.3 Å². The van der Waals surface area contributed by atoms with Crippen molar-refractivity contribution in [2.24, 2.45) is 35.2 Å². The molecule has 0 radical (unpaired) electrons. The molecule has 0 atom stereocenters. The molecule has 0 unspecified atom stereocenters. The van der Waals surface area contributed by atoms with Gasteiger partial charge in [0.2, 0.25) is 28.5 Å². The number of aromatic nitrogens is 8. The first-order valence-electron chi connectivity index (χ1n) is 46.0. The molecule has 0 saturated heterocycles. The lowest BCUT2D eigenvalue weighted by molar-refractivity contribution is -0.665. The van der Waals surface area contributed by atoms with E-state index in [0.717, 1.165) is 23.3 Å². The van der Waals surface area contributed by atoms with Crippen LogP contribution >= 0.6 is 0 Å². The second-order valence-electron chi connectivity index (χ2n) is 38.8. The molecule has 8 aromatic heterocycles. The van der Waals surface area contributed by atoms with Crippen LogP contribution in [0.4, 0.5) is 0 Å². The van der Waals surface area contributed by atoms with E-state index >= 15 is 0 Å². The summed E-state index contributed by atoms with van der Waals surface area (Å²) in [6.45, 7) is 38.6. The maximum absolute atomic E-state index is 4.37. The Bertz CT molecular complexity index is 6570. The molecule has 3 aliphatic rings. The summed E-state index contributed by atoms with van der Waals surface area (Å²) in [6.07, 6.45) is 27.8. The number of hydrogen-bond donors (Lipinski definition) is 0. The third-order valence-corrected chi connectivity index (χ3v) is 32.2. The van der Waals surface area contributed by atoms with Gasteiger partial charge in [-0.1, -0.05) is 203 Å². The summed E-state index contributed by atoms with van der Waals surface area (Å²) in [4.78, 5) is 12.9. The molecule has 10 heteroatoms. The number of aryl methyl sites for hydroxylation is 11. The van der Waals surface area contributed by atoms with Crippen LogP contribution in [0, 0.1) is 76.2 Å². The predicted octanol–water partition coefficient (Wildman–Crippen LogP) is 26.0. The Balaban J connectivity index is 0.000000121. The van der Waals surface area contributed by atoms with Gasteiger partial charge in [0.15, 0.2) is 28.5 Å². The fourth-order valence-electron chi connectivity index (χ4n) is 19.9. The Morgan fingerprint density at radius 2 is 0.600 bits per heavy atom. The zero-order valence-electron chi connectivity index (χ0n) is 78.9. The van der Waals surface area contributed by atoms with Gasteiger partial charge >= 0.3 is 0 Å². The van der Waals surface area contributed by atoms with E-state index in [4.69, 9.17) is 0 Å². The standard InChI is InChI=1S/C28H29N2.2C22H25N2.C22H28NSi.C21H26NSi/c1-19-10-11-23(24-9-6-14-29-18-24)17-27(19)28-26-13-12-22(21-7-4-5-8-21)16-25(26)15-20(2)30(28)3;1-15-14-23-11-10-20(15)22-21-9-8-18(17-6-4-5-7-17)13-19(21)12-16(2)24(22)3;1-15-10-11-23-14-21(15)22-20-9-8-18(17-6-4-5-7-17)13-19(20)12-16(2)24(22)3;1-15-8-9-16(2)21(12-15)22-20-11-10-19(24(5,6)7)14-18(20)13-17(3)23(22)4;1-15-9-7-8-10-19(15)21-20-12-11-18(23(4,5)6)14-17(20)13-16(2)22(21)3/h6,9-18,21H,4-5,7-8H2,1-3H3;2*8-14,17H,4-7H2,1-3H3;8-14H,1-7H3;7-14H,1-6H3/q5*+1. The number of nitrogens with zero attached hydrogens (tertiary/aromatic N) is 8. The van der Waals surface area contributed by atoms with Gasteiger partial charge in [-0.05, 0) is 242 Å². The first-order valence-corrected chi connectivity index (χ1v) is 53.0. The van der Waals surface area contributed by atoms with Crippen LogP contribution in [0.3, 0.4) is 0 Å². The lowest BCUT2D eigenvalue weighted by atomic mass is 9.92. The van der Waals surface area contributed by atoms with Gasteiger partial charge in [-0.2, -0.15) is 22.8 Å². The smallest absolute Gasteiger partial charge is 0.222 e. The average Bonchev–Trinajstić information content (AvgIpc) is 1.40. The largest absolute Gasteiger partial charge is 0.264 e. The summed E-state index contributed by atoms with van der Waals surface area (Å²) in [5.74, 6) is 2.25. The van der Waals surface area contributed by atoms with E-state index in [1.165, 1.54) is 282 Å². The van der Waals surface area contributed by atoms with Crippen molar-refractivity contribution < 1.29 is 22.8 Å². The number of pyridine rings is 8. The summed E-state index contributed by atoms with van der Waals surface area (Å²) in [5, 5.41) is 16.5. The second-order valence-corrected chi connectivity index (χ2v) is 49.0. The van der Waals surface area contributed by atoms with Crippen LogP contribution in [0.15, 0.2) is 243 Å². The van der Waals surface area contributed by atoms with E-state index in [0.29, 0.717) is 0 Å². The Morgan fingerprint density at radius 1 is 0.256 bits per heavy atom. The Morgan fingerprint density at radius 3 is 1.00 bits per heavy atom. The molecular weight excluding hydrogens is 1550 g/mol. The van der Waals surface area contributed by atoms with Crippen molar-refractivity contribution in [2.75, 3.05) is 0 Å². The second kappa shape index (κ2) is 37.5. The molecule has 8 aromatic carbocycles. The molecule has 3 aliphatic carbocycles. The van der Waals surface area contributed by atoms with E-state index in [-0.39, 0.29) is 0 Å². The lowest BCUT2D eigenvalue weighted by Crippen LogP contribution is -2.38. The van der Waals surface area contributed by atoms with E-state index in [1.54, 1.807) is 0 Å². The third-order valence-electron chi connectivity index (χ3n) is 28.1. The molecular formula is C115H133N8Si2+5. The minimum Gasteiger partial charge on any atom is -0.264 e. The molecule has 19 rings (SSSR count). The van der Waals surface area contributed by atoms with Crippen LogP contribution in [-0.2, 0) is 35.2 Å². The predicted molar refractivity (Wildman–Crippen MR) is 533 cm³/mol. The summed E-state index contributed by atoms with van der Waals surface area (Å²) >= 11 is 0. The van der Waals surface area contributed by atoms with E-state index in [2.05, 4.69) is 389 Å². The maximum Gasteiger partial charge on any atom is 0.222 e. The normalized spacial score (nSPS) is 13.8. The highest BCUT2D eigenvalue weighted by Gasteiger charge is 2.30. The SMILES string of the molecule is Cc1ccc(-c2cccnc2)cc1-c1c2ccc(C3CCCC3)cc2cc(C)[n+]1C.Cc1ccc(C)c(-c2c3ccc([Si](C)(C)C)cc3cc(C)[n+]2C)c1.Cc1ccccc1-c1c2ccc([Si](C)(C)C)cc2cc(C)[n+]1C.Cc1ccncc1-c1c2ccc(C3CCCC3)cc2cc(C)[n+]1C.Cc1cnccc1-c1c2ccc(C3CCCC3)cc2cc(C)[n+]1C. The number of rotatable bonds is 11. The van der Waals surface area contributed by atoms with Crippen LogP contribution in [0.5, 0.6) is 0 Å². The zero-order valence-corrected chi connectivity index (χ0v) is 80.9. The van der Waals surface area contributed by atoms with E-state index in [9.17, 15) is 0 Å². The molecule has 0 amide bonds. The molecule has 3 fully saturated rings. The van der Waals surface area contributed by atoms with Crippen molar-refractivity contribution in [3.05, 3.63) is 322 Å². The molecule has 0 spiro atoms. The minimum absolute atomic E-state index is 0.739. The number of benzene rings is 8. The van der Waals surface area contributed by atoms with Crippen molar-refractivity contribution in [1.29, 1.82) is 0 Å². The van der Waals surface area contributed by atoms with Gasteiger partial charge in [0.25, 0.3) is 0 Å². The van der Waals surface area contributed by atoms with E-state index < -0.39 is 16.1 Å². The van der Waals surface area contributed by atoms with Gasteiger partial charge < -0.3 is 0 Å².